The summed E-state index contributed by atoms with van der Waals surface area (Å²) in [4.78, 5) is 26.0. The van der Waals surface area contributed by atoms with Gasteiger partial charge in [-0.2, -0.15) is 0 Å². The summed E-state index contributed by atoms with van der Waals surface area (Å²) >= 11 is 0. The van der Waals surface area contributed by atoms with Crippen LogP contribution in [-0.4, -0.2) is 46.9 Å². The molecule has 3 unspecified atom stereocenters. The normalized spacial score (nSPS) is 13.7. The average Bonchev–Trinajstić information content (AvgIpc) is 3.20. The highest BCUT2D eigenvalue weighted by Crippen LogP contribution is 2.17. The van der Waals surface area contributed by atoms with Crippen molar-refractivity contribution >= 4 is 11.9 Å². The number of hydrogen-bond donors (Lipinski definition) is 3. The molecule has 0 heterocycles. The molecule has 1 amide bonds. The first-order valence-corrected chi connectivity index (χ1v) is 24.4. The maximum atomic E-state index is 13.1. The van der Waals surface area contributed by atoms with Crippen LogP contribution in [0.2, 0.25) is 0 Å². The SMILES string of the molecule is CC/C=C/C/C=C/CCCCCCCC(CC(=O)NC(CO)C(O)CCCCCCCCCCCCCCC)OC(=O)CC/C=C/C/C=C\CCCCCCCC. The van der Waals surface area contributed by atoms with Gasteiger partial charge in [0.05, 0.1) is 25.2 Å². The summed E-state index contributed by atoms with van der Waals surface area (Å²) in [5, 5.41) is 23.7. The van der Waals surface area contributed by atoms with E-state index in [-0.39, 0.29) is 31.3 Å². The number of amides is 1. The van der Waals surface area contributed by atoms with E-state index in [4.69, 9.17) is 4.74 Å². The van der Waals surface area contributed by atoms with Gasteiger partial charge in [0.15, 0.2) is 0 Å². The Hall–Kier alpha value is -2.18. The average molecular weight is 800 g/mol. The highest BCUT2D eigenvalue weighted by molar-refractivity contribution is 5.77. The van der Waals surface area contributed by atoms with Crippen molar-refractivity contribution in [1.82, 2.24) is 5.32 Å². The number of carbonyl (C=O) groups is 2. The minimum atomic E-state index is -0.799. The zero-order valence-corrected chi connectivity index (χ0v) is 37.7. The Balaban J connectivity index is 4.65. The second kappa shape index (κ2) is 44.9. The number of nitrogens with one attached hydrogen (secondary N) is 1. The smallest absolute Gasteiger partial charge is 0.306 e. The van der Waals surface area contributed by atoms with Gasteiger partial charge in [0.1, 0.15) is 6.10 Å². The van der Waals surface area contributed by atoms with Gasteiger partial charge in [-0.05, 0) is 70.6 Å². The number of carbonyl (C=O) groups excluding carboxylic acids is 2. The van der Waals surface area contributed by atoms with Crippen molar-refractivity contribution in [2.75, 3.05) is 6.61 Å². The Morgan fingerprint density at radius 3 is 1.42 bits per heavy atom. The van der Waals surface area contributed by atoms with Crippen LogP contribution < -0.4 is 5.32 Å². The van der Waals surface area contributed by atoms with E-state index in [2.05, 4.69) is 68.6 Å². The zero-order chi connectivity index (χ0) is 41.7. The van der Waals surface area contributed by atoms with Crippen molar-refractivity contribution in [2.45, 2.75) is 257 Å². The predicted octanol–water partition coefficient (Wildman–Crippen LogP) is 14.3. The fourth-order valence-corrected chi connectivity index (χ4v) is 7.23. The number of esters is 1. The molecule has 3 atom stereocenters. The van der Waals surface area contributed by atoms with Gasteiger partial charge >= 0.3 is 5.97 Å². The first-order valence-electron chi connectivity index (χ1n) is 24.4. The lowest BCUT2D eigenvalue weighted by Crippen LogP contribution is -2.46. The number of ether oxygens (including phenoxy) is 1. The van der Waals surface area contributed by atoms with Gasteiger partial charge in [0.2, 0.25) is 5.91 Å². The largest absolute Gasteiger partial charge is 0.462 e. The summed E-state index contributed by atoms with van der Waals surface area (Å²) in [5.41, 5.74) is 0. The van der Waals surface area contributed by atoms with Crippen molar-refractivity contribution in [3.05, 3.63) is 48.6 Å². The molecule has 0 aliphatic carbocycles. The van der Waals surface area contributed by atoms with Crippen molar-refractivity contribution in [2.24, 2.45) is 0 Å². The van der Waals surface area contributed by atoms with Crippen molar-refractivity contribution in [3.8, 4) is 0 Å². The molecule has 0 spiro atoms. The summed E-state index contributed by atoms with van der Waals surface area (Å²) in [5.74, 6) is -0.567. The van der Waals surface area contributed by atoms with E-state index in [0.717, 1.165) is 77.0 Å². The minimum Gasteiger partial charge on any atom is -0.462 e. The van der Waals surface area contributed by atoms with Crippen LogP contribution in [0.15, 0.2) is 48.6 Å². The van der Waals surface area contributed by atoms with Crippen LogP contribution in [0, 0.1) is 0 Å². The van der Waals surface area contributed by atoms with Crippen LogP contribution in [0.25, 0.3) is 0 Å². The lowest BCUT2D eigenvalue weighted by molar-refractivity contribution is -0.150. The van der Waals surface area contributed by atoms with E-state index in [9.17, 15) is 19.8 Å². The van der Waals surface area contributed by atoms with Gasteiger partial charge in [-0.25, -0.2) is 0 Å². The van der Waals surface area contributed by atoms with Gasteiger partial charge in [-0.15, -0.1) is 0 Å². The molecular weight excluding hydrogens is 707 g/mol. The Kier molecular flexibility index (Phi) is 43.2. The van der Waals surface area contributed by atoms with Crippen LogP contribution in [0.1, 0.15) is 239 Å². The number of rotatable bonds is 43. The molecule has 0 aliphatic rings. The van der Waals surface area contributed by atoms with Crippen LogP contribution in [-0.2, 0) is 14.3 Å². The third-order valence-corrected chi connectivity index (χ3v) is 10.9. The Bertz CT molecular complexity index is 988. The summed E-state index contributed by atoms with van der Waals surface area (Å²) in [6, 6.07) is -0.715. The van der Waals surface area contributed by atoms with E-state index in [0.29, 0.717) is 19.3 Å². The van der Waals surface area contributed by atoms with Crippen molar-refractivity contribution in [3.63, 3.8) is 0 Å². The molecule has 6 nitrogen and oxygen atoms in total. The maximum absolute atomic E-state index is 13.1. The van der Waals surface area contributed by atoms with E-state index in [1.807, 2.05) is 6.08 Å². The van der Waals surface area contributed by atoms with Crippen LogP contribution in [0.5, 0.6) is 0 Å². The minimum absolute atomic E-state index is 0.0458. The lowest BCUT2D eigenvalue weighted by atomic mass is 10.0. The molecule has 57 heavy (non-hydrogen) atoms. The van der Waals surface area contributed by atoms with Gasteiger partial charge in [-0.3, -0.25) is 9.59 Å². The number of aliphatic hydroxyl groups excluding tert-OH is 2. The molecule has 0 aromatic rings. The molecule has 0 saturated carbocycles. The molecule has 6 heteroatoms. The third-order valence-electron chi connectivity index (χ3n) is 10.9. The maximum Gasteiger partial charge on any atom is 0.306 e. The molecule has 3 N–H and O–H groups in total. The van der Waals surface area contributed by atoms with Gasteiger partial charge in [0.25, 0.3) is 0 Å². The quantitative estimate of drug-likeness (QED) is 0.0324. The second-order valence-electron chi connectivity index (χ2n) is 16.5. The molecular formula is C51H93NO5. The fourth-order valence-electron chi connectivity index (χ4n) is 7.23. The molecule has 332 valence electrons. The van der Waals surface area contributed by atoms with Gasteiger partial charge in [0, 0.05) is 6.42 Å². The summed E-state index contributed by atoms with van der Waals surface area (Å²) in [6.07, 6.45) is 53.2. The van der Waals surface area contributed by atoms with Crippen LogP contribution in [0.4, 0.5) is 0 Å². The van der Waals surface area contributed by atoms with Gasteiger partial charge in [-0.1, -0.05) is 204 Å². The molecule has 0 aliphatic heterocycles. The fraction of sp³-hybridized carbons (Fsp3) is 0.804. The summed E-state index contributed by atoms with van der Waals surface area (Å²) in [6.45, 7) is 6.34. The molecule has 0 radical (unpaired) electrons. The first-order chi connectivity index (χ1) is 28.0. The molecule has 0 saturated heterocycles. The zero-order valence-electron chi connectivity index (χ0n) is 37.7. The van der Waals surface area contributed by atoms with E-state index >= 15 is 0 Å². The molecule has 0 bridgehead atoms. The van der Waals surface area contributed by atoms with Crippen LogP contribution in [0.3, 0.4) is 0 Å². The number of unbranched alkanes of at least 4 members (excludes halogenated alkanes) is 23. The highest BCUT2D eigenvalue weighted by atomic mass is 16.5. The monoisotopic (exact) mass is 800 g/mol. The van der Waals surface area contributed by atoms with Crippen molar-refractivity contribution in [1.29, 1.82) is 0 Å². The Morgan fingerprint density at radius 2 is 0.947 bits per heavy atom. The summed E-state index contributed by atoms with van der Waals surface area (Å²) < 4.78 is 5.87. The first kappa shape index (κ1) is 54.8. The topological polar surface area (TPSA) is 95.9 Å². The van der Waals surface area contributed by atoms with Gasteiger partial charge < -0.3 is 20.3 Å². The second-order valence-corrected chi connectivity index (χ2v) is 16.5. The van der Waals surface area contributed by atoms with E-state index in [1.54, 1.807) is 0 Å². The number of hydrogen-bond acceptors (Lipinski definition) is 5. The van der Waals surface area contributed by atoms with Crippen LogP contribution >= 0.6 is 0 Å². The predicted molar refractivity (Wildman–Crippen MR) is 245 cm³/mol. The lowest BCUT2D eigenvalue weighted by Gasteiger charge is -2.24. The molecule has 0 rings (SSSR count). The Morgan fingerprint density at radius 1 is 0.526 bits per heavy atom. The summed E-state index contributed by atoms with van der Waals surface area (Å²) in [7, 11) is 0. The molecule has 0 aromatic heterocycles. The Labute approximate surface area is 353 Å². The number of allylic oxidation sites excluding steroid dienone is 8. The van der Waals surface area contributed by atoms with E-state index in [1.165, 1.54) is 109 Å². The van der Waals surface area contributed by atoms with E-state index < -0.39 is 18.2 Å². The highest BCUT2D eigenvalue weighted by Gasteiger charge is 2.24. The van der Waals surface area contributed by atoms with Crippen molar-refractivity contribution < 1.29 is 24.5 Å². The number of aliphatic hydroxyl groups is 2. The standard InChI is InChI=1S/C51H93NO5/c1-4-7-10-13-16-19-22-25-28-31-34-37-40-43-49(54)48(46-53)52-50(55)45-47(42-39-36-33-30-27-24-21-18-15-12-9-6-3)57-51(56)44-41-38-35-32-29-26-23-20-17-14-11-8-5-2/h9,12,18,21,26,29,35,38,47-49,53-54H,4-8,10-11,13-17,19-20,22-25,27-28,30-34,36-37,39-46H2,1-3H3,(H,52,55)/b12-9+,21-18+,29-26-,38-35+. The third kappa shape index (κ3) is 40.4. The molecule has 0 aromatic carbocycles. The molecule has 0 fully saturated rings.